The third-order valence-electron chi connectivity index (χ3n) is 3.11. The van der Waals surface area contributed by atoms with Gasteiger partial charge in [-0.3, -0.25) is 4.79 Å². The molecule has 1 heterocycles. The van der Waals surface area contributed by atoms with E-state index in [-0.39, 0.29) is 18.9 Å². The molecule has 0 spiro atoms. The molecule has 2 rings (SSSR count). The number of hydrogen-bond acceptors (Lipinski definition) is 5. The number of carbonyl (C=O) groups excluding carboxylic acids is 1. The number of rotatable bonds is 6. The Bertz CT molecular complexity index is 600. The van der Waals surface area contributed by atoms with E-state index in [1.807, 2.05) is 30.3 Å². The van der Waals surface area contributed by atoms with Gasteiger partial charge in [-0.1, -0.05) is 30.3 Å². The van der Waals surface area contributed by atoms with Crippen LogP contribution in [0.4, 0.5) is 0 Å². The van der Waals surface area contributed by atoms with Crippen LogP contribution in [0.25, 0.3) is 0 Å². The van der Waals surface area contributed by atoms with Gasteiger partial charge in [0.15, 0.2) is 0 Å². The number of tetrazole rings is 1. The van der Waals surface area contributed by atoms with Crippen molar-refractivity contribution in [2.45, 2.75) is 19.0 Å². The lowest BCUT2D eigenvalue weighted by Gasteiger charge is -2.24. The molecule has 0 radical (unpaired) electrons. The van der Waals surface area contributed by atoms with Crippen LogP contribution in [0.2, 0.25) is 0 Å². The van der Waals surface area contributed by atoms with Crippen molar-refractivity contribution in [3.05, 3.63) is 42.2 Å². The van der Waals surface area contributed by atoms with Gasteiger partial charge < -0.3 is 10.0 Å². The first-order chi connectivity index (χ1) is 10.1. The van der Waals surface area contributed by atoms with Gasteiger partial charge in [-0.25, -0.2) is 9.48 Å². The van der Waals surface area contributed by atoms with E-state index in [2.05, 4.69) is 15.5 Å². The third-order valence-corrected chi connectivity index (χ3v) is 3.11. The van der Waals surface area contributed by atoms with Crippen molar-refractivity contribution in [3.8, 4) is 0 Å². The fourth-order valence-corrected chi connectivity index (χ4v) is 1.90. The summed E-state index contributed by atoms with van der Waals surface area (Å²) in [5.41, 5.74) is 0.854. The van der Waals surface area contributed by atoms with Gasteiger partial charge in [-0.15, -0.1) is 5.10 Å². The highest BCUT2D eigenvalue weighted by molar-refractivity contribution is 5.83. The van der Waals surface area contributed by atoms with Crippen molar-refractivity contribution in [1.82, 2.24) is 25.1 Å². The largest absolute Gasteiger partial charge is 0.480 e. The molecule has 1 aromatic heterocycles. The summed E-state index contributed by atoms with van der Waals surface area (Å²) >= 11 is 0. The molecule has 1 aromatic carbocycles. The quantitative estimate of drug-likeness (QED) is 0.792. The number of carboxylic acids is 1. The molecule has 8 nitrogen and oxygen atoms in total. The average Bonchev–Trinajstić information content (AvgIpc) is 2.97. The van der Waals surface area contributed by atoms with Crippen molar-refractivity contribution < 1.29 is 14.7 Å². The Morgan fingerprint density at radius 2 is 2.05 bits per heavy atom. The van der Waals surface area contributed by atoms with Gasteiger partial charge in [0.25, 0.3) is 0 Å². The highest BCUT2D eigenvalue weighted by Crippen LogP contribution is 2.09. The fraction of sp³-hybridized carbons (Fsp3) is 0.308. The minimum Gasteiger partial charge on any atom is -0.480 e. The molecule has 0 saturated heterocycles. The molecule has 0 aliphatic rings. The summed E-state index contributed by atoms with van der Waals surface area (Å²) in [5.74, 6) is -1.42. The Hall–Kier alpha value is -2.77. The van der Waals surface area contributed by atoms with Crippen molar-refractivity contribution >= 4 is 11.9 Å². The first-order valence-electron chi connectivity index (χ1n) is 6.31. The summed E-state index contributed by atoms with van der Waals surface area (Å²) in [6.45, 7) is -0.0952. The van der Waals surface area contributed by atoms with Crippen LogP contribution in [0.15, 0.2) is 36.7 Å². The minimum atomic E-state index is -1.05. The number of likely N-dealkylation sites (N-methyl/N-ethyl adjacent to an activating group) is 1. The van der Waals surface area contributed by atoms with Gasteiger partial charge in [0, 0.05) is 13.5 Å². The number of nitrogens with zero attached hydrogens (tertiary/aromatic N) is 5. The van der Waals surface area contributed by atoms with Gasteiger partial charge in [0.1, 0.15) is 18.9 Å². The Kier molecular flexibility index (Phi) is 4.60. The zero-order valence-electron chi connectivity index (χ0n) is 11.5. The van der Waals surface area contributed by atoms with Crippen LogP contribution in [0.5, 0.6) is 0 Å². The lowest BCUT2D eigenvalue weighted by Crippen LogP contribution is -2.45. The molecule has 0 bridgehead atoms. The van der Waals surface area contributed by atoms with E-state index in [9.17, 15) is 14.7 Å². The SMILES string of the molecule is CN(C(=O)Cn1cnnn1)C(Cc1ccccc1)C(=O)O. The lowest BCUT2D eigenvalue weighted by molar-refractivity contribution is -0.149. The molecule has 1 N–H and O–H groups in total. The third kappa shape index (κ3) is 3.85. The van der Waals surface area contributed by atoms with Crippen LogP contribution in [0.3, 0.4) is 0 Å². The second kappa shape index (κ2) is 6.60. The summed E-state index contributed by atoms with van der Waals surface area (Å²) < 4.78 is 1.25. The molecular formula is C13H15N5O3. The number of carbonyl (C=O) groups is 2. The Morgan fingerprint density at radius 3 is 2.62 bits per heavy atom. The molecule has 21 heavy (non-hydrogen) atoms. The number of amides is 1. The van der Waals surface area contributed by atoms with Crippen LogP contribution in [-0.4, -0.2) is 55.2 Å². The van der Waals surface area contributed by atoms with Gasteiger partial charge in [-0.05, 0) is 16.0 Å². The van der Waals surface area contributed by atoms with E-state index in [1.54, 1.807) is 0 Å². The smallest absolute Gasteiger partial charge is 0.326 e. The predicted molar refractivity (Wildman–Crippen MR) is 72.2 cm³/mol. The molecule has 0 aliphatic carbocycles. The van der Waals surface area contributed by atoms with Crippen molar-refractivity contribution in [2.75, 3.05) is 7.05 Å². The fourth-order valence-electron chi connectivity index (χ4n) is 1.90. The van der Waals surface area contributed by atoms with Crippen LogP contribution in [0.1, 0.15) is 5.56 Å². The van der Waals surface area contributed by atoms with Crippen LogP contribution < -0.4 is 0 Å². The predicted octanol–water partition coefficient (Wildman–Crippen LogP) is -0.173. The normalized spacial score (nSPS) is 11.9. The maximum Gasteiger partial charge on any atom is 0.326 e. The van der Waals surface area contributed by atoms with Gasteiger partial charge in [0.05, 0.1) is 0 Å². The van der Waals surface area contributed by atoms with Crippen molar-refractivity contribution in [1.29, 1.82) is 0 Å². The molecule has 1 atom stereocenters. The Balaban J connectivity index is 2.06. The van der Waals surface area contributed by atoms with E-state index in [4.69, 9.17) is 0 Å². The van der Waals surface area contributed by atoms with E-state index >= 15 is 0 Å². The van der Waals surface area contributed by atoms with Crippen LogP contribution in [-0.2, 0) is 22.6 Å². The molecule has 1 unspecified atom stereocenters. The average molecular weight is 289 g/mol. The summed E-state index contributed by atoms with van der Waals surface area (Å²) in [7, 11) is 1.47. The second-order valence-corrected chi connectivity index (χ2v) is 4.56. The summed E-state index contributed by atoms with van der Waals surface area (Å²) in [6, 6.07) is 8.24. The number of aliphatic carboxylic acids is 1. The van der Waals surface area contributed by atoms with E-state index in [1.165, 1.54) is 23.0 Å². The zero-order chi connectivity index (χ0) is 15.2. The Labute approximate surface area is 121 Å². The molecule has 1 amide bonds. The lowest BCUT2D eigenvalue weighted by atomic mass is 10.1. The maximum absolute atomic E-state index is 12.1. The van der Waals surface area contributed by atoms with E-state index < -0.39 is 12.0 Å². The van der Waals surface area contributed by atoms with Crippen molar-refractivity contribution in [3.63, 3.8) is 0 Å². The Morgan fingerprint density at radius 1 is 1.33 bits per heavy atom. The molecule has 0 aliphatic heterocycles. The molecule has 0 saturated carbocycles. The van der Waals surface area contributed by atoms with Crippen molar-refractivity contribution in [2.24, 2.45) is 0 Å². The first kappa shape index (κ1) is 14.6. The minimum absolute atomic E-state index is 0.0952. The number of aromatic nitrogens is 4. The number of hydrogen-bond donors (Lipinski definition) is 1. The summed E-state index contributed by atoms with van der Waals surface area (Å²) in [5, 5.41) is 19.8. The second-order valence-electron chi connectivity index (χ2n) is 4.56. The topological polar surface area (TPSA) is 101 Å². The highest BCUT2D eigenvalue weighted by Gasteiger charge is 2.27. The summed E-state index contributed by atoms with van der Waals surface area (Å²) in [4.78, 5) is 24.7. The van der Waals surface area contributed by atoms with E-state index in [0.717, 1.165) is 5.56 Å². The maximum atomic E-state index is 12.1. The van der Waals surface area contributed by atoms with E-state index in [0.29, 0.717) is 0 Å². The molecular weight excluding hydrogens is 274 g/mol. The van der Waals surface area contributed by atoms with Gasteiger partial charge >= 0.3 is 5.97 Å². The molecule has 0 fully saturated rings. The standard InChI is InChI=1S/C13H15N5O3/c1-17(12(19)8-18-9-14-15-16-18)11(13(20)21)7-10-5-3-2-4-6-10/h2-6,9,11H,7-8H2,1H3,(H,20,21). The van der Waals surface area contributed by atoms with Gasteiger partial charge in [0.2, 0.25) is 5.91 Å². The zero-order valence-corrected chi connectivity index (χ0v) is 11.5. The highest BCUT2D eigenvalue weighted by atomic mass is 16.4. The molecule has 2 aromatic rings. The number of benzene rings is 1. The molecule has 110 valence electrons. The summed E-state index contributed by atoms with van der Waals surface area (Å²) in [6.07, 6.45) is 1.55. The first-order valence-corrected chi connectivity index (χ1v) is 6.31. The van der Waals surface area contributed by atoms with Crippen LogP contribution >= 0.6 is 0 Å². The molecule has 8 heteroatoms. The van der Waals surface area contributed by atoms with Crippen LogP contribution in [0, 0.1) is 0 Å². The number of carboxylic acid groups (broad SMARTS) is 1. The van der Waals surface area contributed by atoms with Gasteiger partial charge in [-0.2, -0.15) is 0 Å². The monoisotopic (exact) mass is 289 g/mol.